The Kier molecular flexibility index (Phi) is 5.73. The first kappa shape index (κ1) is 18.1. The maximum Gasteiger partial charge on any atom is 0.220 e. The molecule has 4 heteroatoms. The van der Waals surface area contributed by atoms with E-state index in [0.717, 1.165) is 24.2 Å². The summed E-state index contributed by atoms with van der Waals surface area (Å²) in [5.74, 6) is 1.45. The van der Waals surface area contributed by atoms with Gasteiger partial charge in [-0.15, -0.1) is 0 Å². The molecule has 4 rings (SSSR count). The smallest absolute Gasteiger partial charge is 0.220 e. The topological polar surface area (TPSA) is 50.4 Å². The Morgan fingerprint density at radius 1 is 1.00 bits per heavy atom. The Morgan fingerprint density at radius 3 is 2.30 bits per heavy atom. The summed E-state index contributed by atoms with van der Waals surface area (Å²) >= 11 is 0. The van der Waals surface area contributed by atoms with Crippen LogP contribution >= 0.6 is 0 Å². The molecule has 1 amide bonds. The van der Waals surface area contributed by atoms with Crippen LogP contribution in [-0.2, 0) is 4.79 Å². The summed E-state index contributed by atoms with van der Waals surface area (Å²) in [6.07, 6.45) is 5.39. The van der Waals surface area contributed by atoms with E-state index in [0.29, 0.717) is 31.0 Å². The van der Waals surface area contributed by atoms with Crippen LogP contribution in [0.25, 0.3) is 0 Å². The van der Waals surface area contributed by atoms with Gasteiger partial charge in [0.1, 0.15) is 12.4 Å². The lowest BCUT2D eigenvalue weighted by molar-refractivity contribution is -0.123. The number of nitrogens with one attached hydrogen (secondary N) is 2. The molecule has 27 heavy (non-hydrogen) atoms. The van der Waals surface area contributed by atoms with E-state index in [2.05, 4.69) is 10.6 Å². The summed E-state index contributed by atoms with van der Waals surface area (Å²) in [6, 6.07) is 20.9. The monoisotopic (exact) mass is 364 g/mol. The Labute approximate surface area is 161 Å². The number of fused-ring (bicyclic) bond motifs is 2. The fraction of sp³-hybridized carbons (Fsp3) is 0.435. The molecule has 142 valence electrons. The van der Waals surface area contributed by atoms with Crippen LogP contribution in [0.3, 0.4) is 0 Å². The number of ether oxygens (including phenoxy) is 1. The molecule has 2 aromatic rings. The van der Waals surface area contributed by atoms with Crippen molar-refractivity contribution < 1.29 is 9.53 Å². The molecule has 2 fully saturated rings. The zero-order chi connectivity index (χ0) is 18.5. The first-order chi connectivity index (χ1) is 13.3. The third-order valence-corrected chi connectivity index (χ3v) is 5.74. The van der Waals surface area contributed by atoms with Gasteiger partial charge in [0.25, 0.3) is 0 Å². The molecule has 4 nitrogen and oxygen atoms in total. The van der Waals surface area contributed by atoms with Gasteiger partial charge < -0.3 is 15.4 Å². The van der Waals surface area contributed by atoms with E-state index in [1.165, 1.54) is 12.8 Å². The van der Waals surface area contributed by atoms with Gasteiger partial charge in [-0.05, 0) is 49.3 Å². The molecule has 0 saturated carbocycles. The standard InChI is InChI=1S/C23H28N2O2/c26-23(15-17-13-19-11-12-20(14-17)24-19)25-22(18-7-3-1-4-8-18)16-27-21-9-5-2-6-10-21/h1-10,17,19-20,22,24H,11-16H2,(H,25,26). The number of carbonyl (C=O) groups excluding carboxylic acids is 1. The van der Waals surface area contributed by atoms with Crippen molar-refractivity contribution in [1.82, 2.24) is 10.6 Å². The number of hydrogen-bond donors (Lipinski definition) is 2. The van der Waals surface area contributed by atoms with E-state index in [4.69, 9.17) is 4.74 Å². The minimum absolute atomic E-state index is 0.131. The largest absolute Gasteiger partial charge is 0.491 e. The van der Waals surface area contributed by atoms with Crippen molar-refractivity contribution >= 4 is 5.91 Å². The Hall–Kier alpha value is -2.33. The number of carbonyl (C=O) groups is 1. The zero-order valence-electron chi connectivity index (χ0n) is 15.6. The van der Waals surface area contributed by atoms with Gasteiger partial charge in [-0.3, -0.25) is 4.79 Å². The normalized spacial score (nSPS) is 25.0. The van der Waals surface area contributed by atoms with Crippen molar-refractivity contribution in [3.05, 3.63) is 66.2 Å². The summed E-state index contributed by atoms with van der Waals surface area (Å²) in [6.45, 7) is 0.428. The quantitative estimate of drug-likeness (QED) is 0.785. The second-order valence-electron chi connectivity index (χ2n) is 7.83. The van der Waals surface area contributed by atoms with Gasteiger partial charge in [0, 0.05) is 18.5 Å². The predicted molar refractivity (Wildman–Crippen MR) is 107 cm³/mol. The SMILES string of the molecule is O=C(CC1CC2CCC(C1)N2)NC(COc1ccccc1)c1ccccc1. The molecule has 2 aliphatic heterocycles. The summed E-state index contributed by atoms with van der Waals surface area (Å²) in [4.78, 5) is 12.8. The molecule has 2 saturated heterocycles. The van der Waals surface area contributed by atoms with Crippen molar-refractivity contribution in [2.24, 2.45) is 5.92 Å². The molecule has 0 spiro atoms. The lowest BCUT2D eigenvalue weighted by Crippen LogP contribution is -2.40. The van der Waals surface area contributed by atoms with Gasteiger partial charge in [-0.2, -0.15) is 0 Å². The van der Waals surface area contributed by atoms with E-state index in [1.807, 2.05) is 60.7 Å². The molecule has 2 bridgehead atoms. The van der Waals surface area contributed by atoms with Crippen molar-refractivity contribution in [2.75, 3.05) is 6.61 Å². The third-order valence-electron chi connectivity index (χ3n) is 5.74. The summed E-state index contributed by atoms with van der Waals surface area (Å²) < 4.78 is 5.93. The molecule has 3 unspecified atom stereocenters. The number of rotatable bonds is 7. The van der Waals surface area contributed by atoms with Crippen LogP contribution in [0.4, 0.5) is 0 Å². The number of piperidine rings is 1. The Balaban J connectivity index is 1.37. The van der Waals surface area contributed by atoms with E-state index in [9.17, 15) is 4.79 Å². The number of hydrogen-bond acceptors (Lipinski definition) is 3. The highest BCUT2D eigenvalue weighted by Crippen LogP contribution is 2.32. The fourth-order valence-electron chi connectivity index (χ4n) is 4.46. The first-order valence-corrected chi connectivity index (χ1v) is 10.0. The molecular formula is C23H28N2O2. The zero-order valence-corrected chi connectivity index (χ0v) is 15.6. The molecule has 0 aromatic heterocycles. The Morgan fingerprint density at radius 2 is 1.63 bits per heavy atom. The maximum atomic E-state index is 12.8. The molecule has 2 aliphatic rings. The van der Waals surface area contributed by atoms with Crippen LogP contribution in [0.15, 0.2) is 60.7 Å². The highest BCUT2D eigenvalue weighted by molar-refractivity contribution is 5.76. The van der Waals surface area contributed by atoms with Crippen LogP contribution in [-0.4, -0.2) is 24.6 Å². The van der Waals surface area contributed by atoms with Gasteiger partial charge in [0.2, 0.25) is 5.91 Å². The van der Waals surface area contributed by atoms with Crippen molar-refractivity contribution in [2.45, 2.75) is 50.2 Å². The molecule has 2 N–H and O–H groups in total. The molecule has 2 heterocycles. The van der Waals surface area contributed by atoms with Crippen LogP contribution < -0.4 is 15.4 Å². The molecule has 2 aromatic carbocycles. The van der Waals surface area contributed by atoms with Gasteiger partial charge in [0.15, 0.2) is 0 Å². The predicted octanol–water partition coefficient (Wildman–Crippen LogP) is 3.84. The van der Waals surface area contributed by atoms with E-state index < -0.39 is 0 Å². The highest BCUT2D eigenvalue weighted by Gasteiger charge is 2.34. The van der Waals surface area contributed by atoms with Crippen LogP contribution in [0.1, 0.15) is 43.7 Å². The molecule has 0 radical (unpaired) electrons. The van der Waals surface area contributed by atoms with E-state index in [1.54, 1.807) is 0 Å². The van der Waals surface area contributed by atoms with Gasteiger partial charge in [-0.1, -0.05) is 48.5 Å². The van der Waals surface area contributed by atoms with Gasteiger partial charge >= 0.3 is 0 Å². The average Bonchev–Trinajstić information content (AvgIpc) is 3.04. The van der Waals surface area contributed by atoms with Crippen molar-refractivity contribution in [3.8, 4) is 5.75 Å². The number of amides is 1. The van der Waals surface area contributed by atoms with Crippen LogP contribution in [0, 0.1) is 5.92 Å². The number of para-hydroxylation sites is 1. The minimum Gasteiger partial charge on any atom is -0.491 e. The van der Waals surface area contributed by atoms with Gasteiger partial charge in [0.05, 0.1) is 6.04 Å². The maximum absolute atomic E-state index is 12.8. The Bertz CT molecular complexity index is 723. The summed E-state index contributed by atoms with van der Waals surface area (Å²) in [5.41, 5.74) is 1.08. The molecule has 0 aliphatic carbocycles. The lowest BCUT2D eigenvalue weighted by Gasteiger charge is -2.29. The second kappa shape index (κ2) is 8.57. The minimum atomic E-state index is -0.141. The molecular weight excluding hydrogens is 336 g/mol. The second-order valence-corrected chi connectivity index (χ2v) is 7.83. The van der Waals surface area contributed by atoms with Crippen molar-refractivity contribution in [3.63, 3.8) is 0 Å². The molecule has 3 atom stereocenters. The van der Waals surface area contributed by atoms with E-state index >= 15 is 0 Å². The van der Waals surface area contributed by atoms with Gasteiger partial charge in [-0.25, -0.2) is 0 Å². The fourth-order valence-corrected chi connectivity index (χ4v) is 4.46. The first-order valence-electron chi connectivity index (χ1n) is 10.0. The average molecular weight is 364 g/mol. The van der Waals surface area contributed by atoms with Crippen LogP contribution in [0.5, 0.6) is 5.75 Å². The highest BCUT2D eigenvalue weighted by atomic mass is 16.5. The van der Waals surface area contributed by atoms with Crippen LogP contribution in [0.2, 0.25) is 0 Å². The summed E-state index contributed by atoms with van der Waals surface area (Å²) in [7, 11) is 0. The lowest BCUT2D eigenvalue weighted by atomic mass is 9.89. The third kappa shape index (κ3) is 4.89. The summed E-state index contributed by atoms with van der Waals surface area (Å²) in [5, 5.41) is 6.86. The van der Waals surface area contributed by atoms with E-state index in [-0.39, 0.29) is 11.9 Å². The van der Waals surface area contributed by atoms with Crippen molar-refractivity contribution in [1.29, 1.82) is 0 Å². The number of benzene rings is 2.